The Bertz CT molecular complexity index is 577. The summed E-state index contributed by atoms with van der Waals surface area (Å²) in [4.78, 5) is 10.7. The number of halogens is 1. The second-order valence-electron chi connectivity index (χ2n) is 4.25. The van der Waals surface area contributed by atoms with Gasteiger partial charge < -0.3 is 14.4 Å². The van der Waals surface area contributed by atoms with E-state index in [-0.39, 0.29) is 6.10 Å². The summed E-state index contributed by atoms with van der Waals surface area (Å²) in [5.41, 5.74) is 0.503. The Balaban J connectivity index is 2.51. The van der Waals surface area contributed by atoms with Crippen molar-refractivity contribution in [2.45, 2.75) is 26.2 Å². The Morgan fingerprint density at radius 2 is 2.11 bits per heavy atom. The van der Waals surface area contributed by atoms with E-state index < -0.39 is 12.3 Å². The molecule has 4 nitrogen and oxygen atoms in total. The lowest BCUT2D eigenvalue weighted by molar-refractivity contribution is -0.146. The van der Waals surface area contributed by atoms with E-state index in [9.17, 15) is 9.18 Å². The van der Waals surface area contributed by atoms with Crippen LogP contribution in [0.3, 0.4) is 0 Å². The van der Waals surface area contributed by atoms with E-state index in [4.69, 9.17) is 9.84 Å². The van der Waals surface area contributed by atoms with Gasteiger partial charge in [-0.25, -0.2) is 9.18 Å². The first-order chi connectivity index (χ1) is 8.50. The molecule has 1 atom stereocenters. The molecule has 1 N–H and O–H groups in total. The summed E-state index contributed by atoms with van der Waals surface area (Å²) < 4.78 is 20.2. The van der Waals surface area contributed by atoms with Crippen molar-refractivity contribution in [3.8, 4) is 5.75 Å². The summed E-state index contributed by atoms with van der Waals surface area (Å²) in [5, 5.41) is 9.40. The van der Waals surface area contributed by atoms with E-state index in [0.717, 1.165) is 4.57 Å². The van der Waals surface area contributed by atoms with E-state index in [1.807, 2.05) is 13.8 Å². The van der Waals surface area contributed by atoms with Crippen LogP contribution in [-0.2, 0) is 4.79 Å². The van der Waals surface area contributed by atoms with Crippen LogP contribution >= 0.6 is 0 Å². The van der Waals surface area contributed by atoms with Gasteiger partial charge >= 0.3 is 5.97 Å². The number of hydrogen-bond acceptors (Lipinski definition) is 2. The second-order valence-corrected chi connectivity index (χ2v) is 4.25. The van der Waals surface area contributed by atoms with Crippen LogP contribution in [0.4, 0.5) is 4.39 Å². The van der Waals surface area contributed by atoms with E-state index in [1.165, 1.54) is 6.20 Å². The number of nitrogens with zero attached hydrogens (tertiary/aromatic N) is 1. The molecule has 1 heterocycles. The quantitative estimate of drug-likeness (QED) is 0.908. The lowest BCUT2D eigenvalue weighted by Crippen LogP contribution is -2.13. The molecule has 0 aliphatic carbocycles. The highest BCUT2D eigenvalue weighted by Crippen LogP contribution is 2.29. The Hall–Kier alpha value is -2.04. The summed E-state index contributed by atoms with van der Waals surface area (Å²) in [5.74, 6) is -0.887. The fourth-order valence-electron chi connectivity index (χ4n) is 1.83. The van der Waals surface area contributed by atoms with Crippen LogP contribution in [0.1, 0.15) is 20.1 Å². The molecule has 0 bridgehead atoms. The minimum atomic E-state index is -2.09. The summed E-state index contributed by atoms with van der Waals surface area (Å²) in [7, 11) is 0. The summed E-state index contributed by atoms with van der Waals surface area (Å²) in [6.45, 7) is 3.79. The van der Waals surface area contributed by atoms with Crippen molar-refractivity contribution in [3.63, 3.8) is 0 Å². The first-order valence-corrected chi connectivity index (χ1v) is 5.64. The van der Waals surface area contributed by atoms with Gasteiger partial charge in [-0.15, -0.1) is 0 Å². The third kappa shape index (κ3) is 2.16. The highest BCUT2D eigenvalue weighted by molar-refractivity contribution is 5.87. The molecule has 0 spiro atoms. The van der Waals surface area contributed by atoms with E-state index >= 15 is 0 Å². The molecule has 5 heteroatoms. The largest absolute Gasteiger partial charge is 0.490 e. The van der Waals surface area contributed by atoms with Gasteiger partial charge in [0.25, 0.3) is 6.30 Å². The van der Waals surface area contributed by atoms with Gasteiger partial charge in [-0.2, -0.15) is 0 Å². The molecule has 0 aliphatic rings. The SMILES string of the molecule is CC(C)Oc1cccc2c1ccn2C(F)C(=O)O. The van der Waals surface area contributed by atoms with Gasteiger partial charge in [0.1, 0.15) is 5.75 Å². The number of carboxylic acids is 1. The Morgan fingerprint density at radius 3 is 2.72 bits per heavy atom. The van der Waals surface area contributed by atoms with Crippen LogP contribution in [0.5, 0.6) is 5.75 Å². The van der Waals surface area contributed by atoms with Gasteiger partial charge in [0.15, 0.2) is 0 Å². The summed E-state index contributed by atoms with van der Waals surface area (Å²) in [6.07, 6.45) is -0.673. The fraction of sp³-hybridized carbons (Fsp3) is 0.308. The molecule has 18 heavy (non-hydrogen) atoms. The highest BCUT2D eigenvalue weighted by atomic mass is 19.1. The molecule has 96 valence electrons. The molecule has 1 aromatic heterocycles. The molecule has 0 aliphatic heterocycles. The third-order valence-electron chi connectivity index (χ3n) is 2.53. The first-order valence-electron chi connectivity index (χ1n) is 5.64. The second kappa shape index (κ2) is 4.68. The molecular weight excluding hydrogens is 237 g/mol. The molecule has 1 unspecified atom stereocenters. The zero-order chi connectivity index (χ0) is 13.3. The molecule has 0 saturated heterocycles. The van der Waals surface area contributed by atoms with Crippen LogP contribution in [0, 0.1) is 0 Å². The first kappa shape index (κ1) is 12.4. The van der Waals surface area contributed by atoms with Crippen LogP contribution in [0.25, 0.3) is 10.9 Å². The number of benzene rings is 1. The lowest BCUT2D eigenvalue weighted by atomic mass is 10.2. The Labute approximate surface area is 104 Å². The minimum absolute atomic E-state index is 0.000373. The Morgan fingerprint density at radius 1 is 1.39 bits per heavy atom. The van der Waals surface area contributed by atoms with Crippen molar-refractivity contribution in [2.75, 3.05) is 0 Å². The van der Waals surface area contributed by atoms with Crippen molar-refractivity contribution in [3.05, 3.63) is 30.5 Å². The topological polar surface area (TPSA) is 51.5 Å². The summed E-state index contributed by atoms with van der Waals surface area (Å²) >= 11 is 0. The maximum atomic E-state index is 13.5. The number of aliphatic carboxylic acids is 1. The molecule has 0 saturated carbocycles. The van der Waals surface area contributed by atoms with Crippen molar-refractivity contribution in [2.24, 2.45) is 0 Å². The summed E-state index contributed by atoms with van der Waals surface area (Å²) in [6, 6.07) is 6.81. The molecule has 1 aromatic carbocycles. The van der Waals surface area contributed by atoms with Gasteiger partial charge in [0, 0.05) is 11.6 Å². The average Bonchev–Trinajstić information content (AvgIpc) is 2.72. The number of fused-ring (bicyclic) bond motifs is 1. The average molecular weight is 251 g/mol. The van der Waals surface area contributed by atoms with Crippen LogP contribution < -0.4 is 4.74 Å². The van der Waals surface area contributed by atoms with Crippen LogP contribution in [-0.4, -0.2) is 21.7 Å². The minimum Gasteiger partial charge on any atom is -0.490 e. The maximum absolute atomic E-state index is 13.5. The standard InChI is InChI=1S/C13H14FNO3/c1-8(2)18-11-5-3-4-10-9(11)6-7-15(10)12(14)13(16)17/h3-8,12H,1-2H3,(H,16,17). The number of ether oxygens (including phenoxy) is 1. The highest BCUT2D eigenvalue weighted by Gasteiger charge is 2.20. The fourth-order valence-corrected chi connectivity index (χ4v) is 1.83. The van der Waals surface area contributed by atoms with Crippen LogP contribution in [0.15, 0.2) is 30.5 Å². The number of alkyl halides is 1. The van der Waals surface area contributed by atoms with E-state index in [1.54, 1.807) is 24.3 Å². The lowest BCUT2D eigenvalue weighted by Gasteiger charge is -2.12. The van der Waals surface area contributed by atoms with Gasteiger partial charge in [-0.05, 0) is 32.0 Å². The van der Waals surface area contributed by atoms with Gasteiger partial charge in [0.05, 0.1) is 11.6 Å². The zero-order valence-electron chi connectivity index (χ0n) is 10.1. The van der Waals surface area contributed by atoms with E-state index in [0.29, 0.717) is 16.7 Å². The monoisotopic (exact) mass is 251 g/mol. The smallest absolute Gasteiger partial charge is 0.359 e. The number of carboxylic acid groups (broad SMARTS) is 1. The molecule has 2 rings (SSSR count). The molecule has 0 fully saturated rings. The molecular formula is C13H14FNO3. The number of hydrogen-bond donors (Lipinski definition) is 1. The van der Waals surface area contributed by atoms with Crippen molar-refractivity contribution in [1.82, 2.24) is 4.57 Å². The zero-order valence-corrected chi connectivity index (χ0v) is 10.1. The van der Waals surface area contributed by atoms with Crippen molar-refractivity contribution < 1.29 is 19.0 Å². The van der Waals surface area contributed by atoms with Gasteiger partial charge in [0.2, 0.25) is 0 Å². The normalized spacial score (nSPS) is 12.9. The molecule has 0 amide bonds. The predicted molar refractivity (Wildman–Crippen MR) is 65.5 cm³/mol. The van der Waals surface area contributed by atoms with Crippen molar-refractivity contribution >= 4 is 16.9 Å². The van der Waals surface area contributed by atoms with Gasteiger partial charge in [-0.3, -0.25) is 0 Å². The van der Waals surface area contributed by atoms with Crippen LogP contribution in [0.2, 0.25) is 0 Å². The van der Waals surface area contributed by atoms with Crippen molar-refractivity contribution in [1.29, 1.82) is 0 Å². The maximum Gasteiger partial charge on any atom is 0.359 e. The molecule has 2 aromatic rings. The van der Waals surface area contributed by atoms with Gasteiger partial charge in [-0.1, -0.05) is 6.07 Å². The Kier molecular flexibility index (Phi) is 3.23. The number of rotatable bonds is 4. The predicted octanol–water partition coefficient (Wildman–Crippen LogP) is 2.98. The third-order valence-corrected chi connectivity index (χ3v) is 2.53. The van der Waals surface area contributed by atoms with E-state index in [2.05, 4.69) is 0 Å². The molecule has 0 radical (unpaired) electrons. The number of aromatic nitrogens is 1. The number of carbonyl (C=O) groups is 1.